The van der Waals surface area contributed by atoms with Crippen LogP contribution in [0.5, 0.6) is 0 Å². The number of carbonyl (C=O) groups excluding carboxylic acids is 1. The Morgan fingerprint density at radius 3 is 2.84 bits per heavy atom. The van der Waals surface area contributed by atoms with E-state index in [9.17, 15) is 4.79 Å². The van der Waals surface area contributed by atoms with Gasteiger partial charge in [-0.3, -0.25) is 9.78 Å². The van der Waals surface area contributed by atoms with Gasteiger partial charge in [-0.05, 0) is 50.3 Å². The summed E-state index contributed by atoms with van der Waals surface area (Å²) < 4.78 is 5.58. The second-order valence-corrected chi connectivity index (χ2v) is 5.22. The molecular formula is C15H22N2O2. The highest BCUT2D eigenvalue weighted by molar-refractivity contribution is 5.92. The summed E-state index contributed by atoms with van der Waals surface area (Å²) in [6.07, 6.45) is 5.77. The summed E-state index contributed by atoms with van der Waals surface area (Å²) in [5.74, 6) is -0.119. The molecule has 1 saturated carbocycles. The molecule has 104 valence electrons. The maximum atomic E-state index is 12.2. The molecule has 1 amide bonds. The number of carbonyl (C=O) groups is 1. The number of ether oxygens (including phenoxy) is 1. The van der Waals surface area contributed by atoms with Crippen molar-refractivity contribution in [3.05, 3.63) is 29.6 Å². The van der Waals surface area contributed by atoms with E-state index >= 15 is 0 Å². The quantitative estimate of drug-likeness (QED) is 0.886. The van der Waals surface area contributed by atoms with Gasteiger partial charge in [-0.15, -0.1) is 0 Å². The SMILES string of the molecule is CCc1ccnc(C(=O)NC(C)C2(OC)CCC2)c1. The minimum Gasteiger partial charge on any atom is -0.376 e. The van der Waals surface area contributed by atoms with Gasteiger partial charge in [0.25, 0.3) is 5.91 Å². The zero-order valence-electron chi connectivity index (χ0n) is 11.9. The first-order chi connectivity index (χ1) is 9.11. The number of aryl methyl sites for hydroxylation is 1. The second kappa shape index (κ2) is 5.70. The summed E-state index contributed by atoms with van der Waals surface area (Å²) in [7, 11) is 1.72. The van der Waals surface area contributed by atoms with Crippen LogP contribution in [0.25, 0.3) is 0 Å². The molecule has 1 unspecified atom stereocenters. The van der Waals surface area contributed by atoms with E-state index in [2.05, 4.69) is 17.2 Å². The maximum absolute atomic E-state index is 12.2. The summed E-state index contributed by atoms with van der Waals surface area (Å²) in [5.41, 5.74) is 1.42. The number of hydrogen-bond acceptors (Lipinski definition) is 3. The highest BCUT2D eigenvalue weighted by Gasteiger charge is 2.42. The number of pyridine rings is 1. The van der Waals surface area contributed by atoms with Gasteiger partial charge in [0.15, 0.2) is 0 Å². The fourth-order valence-corrected chi connectivity index (χ4v) is 2.56. The van der Waals surface area contributed by atoms with Crippen molar-refractivity contribution in [1.29, 1.82) is 0 Å². The average Bonchev–Trinajstić information content (AvgIpc) is 2.38. The summed E-state index contributed by atoms with van der Waals surface area (Å²) in [6, 6.07) is 3.79. The highest BCUT2D eigenvalue weighted by atomic mass is 16.5. The van der Waals surface area contributed by atoms with Crippen LogP contribution in [0, 0.1) is 0 Å². The minimum absolute atomic E-state index is 0.00540. The third-order valence-corrected chi connectivity index (χ3v) is 4.21. The monoisotopic (exact) mass is 262 g/mol. The van der Waals surface area contributed by atoms with Gasteiger partial charge in [-0.1, -0.05) is 6.92 Å². The van der Waals surface area contributed by atoms with Gasteiger partial charge in [0.2, 0.25) is 0 Å². The zero-order chi connectivity index (χ0) is 13.9. The molecule has 4 nitrogen and oxygen atoms in total. The topological polar surface area (TPSA) is 51.2 Å². The van der Waals surface area contributed by atoms with Gasteiger partial charge in [0.05, 0.1) is 11.6 Å². The molecule has 0 radical (unpaired) electrons. The highest BCUT2D eigenvalue weighted by Crippen LogP contribution is 2.37. The molecule has 0 aliphatic heterocycles. The molecule has 0 spiro atoms. The normalized spacial score (nSPS) is 18.5. The van der Waals surface area contributed by atoms with Gasteiger partial charge in [0, 0.05) is 13.3 Å². The minimum atomic E-state index is -0.183. The van der Waals surface area contributed by atoms with E-state index < -0.39 is 0 Å². The Labute approximate surface area is 114 Å². The first kappa shape index (κ1) is 14.0. The lowest BCUT2D eigenvalue weighted by molar-refractivity contribution is -0.0919. The first-order valence-corrected chi connectivity index (χ1v) is 6.92. The third kappa shape index (κ3) is 2.78. The molecule has 0 saturated heterocycles. The van der Waals surface area contributed by atoms with Crippen LogP contribution in [-0.2, 0) is 11.2 Å². The zero-order valence-corrected chi connectivity index (χ0v) is 11.9. The van der Waals surface area contributed by atoms with Crippen molar-refractivity contribution < 1.29 is 9.53 Å². The molecule has 1 heterocycles. The largest absolute Gasteiger partial charge is 0.376 e. The van der Waals surface area contributed by atoms with E-state index in [1.54, 1.807) is 13.3 Å². The van der Waals surface area contributed by atoms with Crippen LogP contribution in [-0.4, -0.2) is 29.6 Å². The summed E-state index contributed by atoms with van der Waals surface area (Å²) in [4.78, 5) is 16.3. The number of nitrogens with one attached hydrogen (secondary N) is 1. The Bertz CT molecular complexity index is 450. The summed E-state index contributed by atoms with van der Waals surface area (Å²) in [6.45, 7) is 4.07. The fraction of sp³-hybridized carbons (Fsp3) is 0.600. The van der Waals surface area contributed by atoms with Crippen molar-refractivity contribution in [2.75, 3.05) is 7.11 Å². The maximum Gasteiger partial charge on any atom is 0.270 e. The number of hydrogen-bond donors (Lipinski definition) is 1. The predicted molar refractivity (Wildman–Crippen MR) is 74.1 cm³/mol. The molecular weight excluding hydrogens is 240 g/mol. The molecule has 1 fully saturated rings. The van der Waals surface area contributed by atoms with E-state index in [1.165, 1.54) is 0 Å². The number of methoxy groups -OCH3 is 1. The molecule has 1 atom stereocenters. The molecule has 1 aliphatic rings. The molecule has 0 aromatic carbocycles. The van der Waals surface area contributed by atoms with Gasteiger partial charge >= 0.3 is 0 Å². The van der Waals surface area contributed by atoms with Crippen LogP contribution in [0.15, 0.2) is 18.3 Å². The predicted octanol–water partition coefficient (Wildman–Crippen LogP) is 2.33. The Morgan fingerprint density at radius 1 is 1.58 bits per heavy atom. The van der Waals surface area contributed by atoms with Gasteiger partial charge < -0.3 is 10.1 Å². The van der Waals surface area contributed by atoms with Crippen molar-refractivity contribution in [3.63, 3.8) is 0 Å². The molecule has 4 heteroatoms. The molecule has 1 aromatic heterocycles. The standard InChI is InChI=1S/C15H22N2O2/c1-4-12-6-9-16-13(10-12)14(18)17-11(2)15(19-3)7-5-8-15/h6,9-11H,4-5,7-8H2,1-3H3,(H,17,18). The summed E-state index contributed by atoms with van der Waals surface area (Å²) in [5, 5.41) is 3.01. The Kier molecular flexibility index (Phi) is 4.20. The van der Waals surface area contributed by atoms with Crippen molar-refractivity contribution in [3.8, 4) is 0 Å². The van der Waals surface area contributed by atoms with Crippen molar-refractivity contribution in [1.82, 2.24) is 10.3 Å². The lowest BCUT2D eigenvalue weighted by Gasteiger charge is -2.45. The van der Waals surface area contributed by atoms with E-state index in [0.29, 0.717) is 5.69 Å². The van der Waals surface area contributed by atoms with Crippen LogP contribution in [0.2, 0.25) is 0 Å². The molecule has 2 rings (SSSR count). The van der Waals surface area contributed by atoms with Gasteiger partial charge in [-0.2, -0.15) is 0 Å². The van der Waals surface area contributed by atoms with Crippen LogP contribution in [0.3, 0.4) is 0 Å². The van der Waals surface area contributed by atoms with Crippen LogP contribution < -0.4 is 5.32 Å². The van der Waals surface area contributed by atoms with E-state index in [0.717, 1.165) is 31.2 Å². The summed E-state index contributed by atoms with van der Waals surface area (Å²) >= 11 is 0. The molecule has 1 N–H and O–H groups in total. The average molecular weight is 262 g/mol. The lowest BCUT2D eigenvalue weighted by Crippen LogP contribution is -2.56. The molecule has 19 heavy (non-hydrogen) atoms. The van der Waals surface area contributed by atoms with E-state index in [4.69, 9.17) is 4.74 Å². The van der Waals surface area contributed by atoms with Crippen LogP contribution >= 0.6 is 0 Å². The van der Waals surface area contributed by atoms with E-state index in [-0.39, 0.29) is 17.6 Å². The second-order valence-electron chi connectivity index (χ2n) is 5.22. The molecule has 1 aromatic rings. The Balaban J connectivity index is 2.04. The number of amides is 1. The fourth-order valence-electron chi connectivity index (χ4n) is 2.56. The van der Waals surface area contributed by atoms with Crippen LogP contribution in [0.1, 0.15) is 49.2 Å². The Hall–Kier alpha value is -1.42. The first-order valence-electron chi connectivity index (χ1n) is 6.92. The molecule has 1 aliphatic carbocycles. The number of aromatic nitrogens is 1. The van der Waals surface area contributed by atoms with Crippen molar-refractivity contribution >= 4 is 5.91 Å². The smallest absolute Gasteiger partial charge is 0.270 e. The molecule has 0 bridgehead atoms. The van der Waals surface area contributed by atoms with Crippen LogP contribution in [0.4, 0.5) is 0 Å². The van der Waals surface area contributed by atoms with Gasteiger partial charge in [0.1, 0.15) is 5.69 Å². The number of nitrogens with zero attached hydrogens (tertiary/aromatic N) is 1. The van der Waals surface area contributed by atoms with Crippen molar-refractivity contribution in [2.24, 2.45) is 0 Å². The Morgan fingerprint density at radius 2 is 2.32 bits per heavy atom. The van der Waals surface area contributed by atoms with Crippen molar-refractivity contribution in [2.45, 2.75) is 51.2 Å². The van der Waals surface area contributed by atoms with Gasteiger partial charge in [-0.25, -0.2) is 0 Å². The lowest BCUT2D eigenvalue weighted by atomic mass is 9.75. The van der Waals surface area contributed by atoms with E-state index in [1.807, 2.05) is 19.1 Å². The number of rotatable bonds is 5. The third-order valence-electron chi connectivity index (χ3n) is 4.21.